The average Bonchev–Trinajstić information content (AvgIpc) is 3.63. The van der Waals surface area contributed by atoms with Crippen molar-refractivity contribution < 1.29 is 0 Å². The maximum atomic E-state index is 5.23. The van der Waals surface area contributed by atoms with E-state index in [0.29, 0.717) is 0 Å². The summed E-state index contributed by atoms with van der Waals surface area (Å²) in [6.07, 6.45) is 3.64. The zero-order valence-electron chi connectivity index (χ0n) is 31.4. The van der Waals surface area contributed by atoms with Gasteiger partial charge in [0.15, 0.2) is 0 Å². The van der Waals surface area contributed by atoms with Crippen molar-refractivity contribution in [3.05, 3.63) is 200 Å². The van der Waals surface area contributed by atoms with Gasteiger partial charge in [0.2, 0.25) is 0 Å². The lowest BCUT2D eigenvalue weighted by atomic mass is 9.82. The highest BCUT2D eigenvalue weighted by Crippen LogP contribution is 2.58. The first-order chi connectivity index (χ1) is 28.8. The summed E-state index contributed by atoms with van der Waals surface area (Å²) in [4.78, 5) is 14.6. The first kappa shape index (κ1) is 32.5. The molecule has 0 atom stereocenters. The van der Waals surface area contributed by atoms with E-state index in [1.165, 1.54) is 77.2 Å². The van der Waals surface area contributed by atoms with Crippen molar-refractivity contribution in [2.24, 2.45) is 0 Å². The van der Waals surface area contributed by atoms with Crippen LogP contribution in [0.5, 0.6) is 0 Å². The molecule has 0 unspecified atom stereocenters. The molecule has 3 heterocycles. The predicted molar refractivity (Wildman–Crippen MR) is 241 cm³/mol. The normalized spacial score (nSPS) is 11.8. The van der Waals surface area contributed by atoms with Gasteiger partial charge in [0.25, 0.3) is 0 Å². The molecule has 11 aromatic rings. The van der Waals surface area contributed by atoms with Crippen LogP contribution in [0.1, 0.15) is 0 Å². The second-order valence-electron chi connectivity index (χ2n) is 15.1. The van der Waals surface area contributed by atoms with Crippen molar-refractivity contribution in [1.82, 2.24) is 15.0 Å². The number of aromatic nitrogens is 3. The van der Waals surface area contributed by atoms with E-state index in [2.05, 4.69) is 181 Å². The van der Waals surface area contributed by atoms with Crippen LogP contribution in [0.2, 0.25) is 0 Å². The number of hydrogen-bond acceptors (Lipinski definition) is 3. The average molecular weight is 736 g/mol. The summed E-state index contributed by atoms with van der Waals surface area (Å²) in [5.74, 6) is 0. The van der Waals surface area contributed by atoms with Gasteiger partial charge in [-0.15, -0.1) is 0 Å². The Balaban J connectivity index is 1.01. The lowest BCUT2D eigenvalue weighted by Gasteiger charge is -2.20. The van der Waals surface area contributed by atoms with Gasteiger partial charge in [-0.25, -0.2) is 9.97 Å². The molecular formula is C55H33N3. The van der Waals surface area contributed by atoms with Gasteiger partial charge in [0, 0.05) is 34.3 Å². The minimum absolute atomic E-state index is 0.888. The molecule has 0 saturated heterocycles. The molecule has 12 rings (SSSR count). The molecule has 3 nitrogen and oxygen atoms in total. The van der Waals surface area contributed by atoms with Crippen LogP contribution in [0, 0.1) is 0 Å². The van der Waals surface area contributed by atoms with Gasteiger partial charge in [-0.3, -0.25) is 4.98 Å². The minimum Gasteiger partial charge on any atom is -0.264 e. The Morgan fingerprint density at radius 3 is 1.40 bits per heavy atom. The van der Waals surface area contributed by atoms with Crippen molar-refractivity contribution in [2.75, 3.05) is 0 Å². The number of rotatable bonds is 5. The first-order valence-electron chi connectivity index (χ1n) is 19.8. The summed E-state index contributed by atoms with van der Waals surface area (Å²) >= 11 is 0. The third-order valence-corrected chi connectivity index (χ3v) is 11.9. The molecule has 8 aromatic carbocycles. The van der Waals surface area contributed by atoms with Crippen molar-refractivity contribution in [1.29, 1.82) is 0 Å². The fourth-order valence-corrected chi connectivity index (χ4v) is 9.29. The molecule has 0 fully saturated rings. The Morgan fingerprint density at radius 1 is 0.293 bits per heavy atom. The number of hydrogen-bond donors (Lipinski definition) is 0. The Morgan fingerprint density at radius 2 is 0.793 bits per heavy atom. The molecule has 3 heteroatoms. The van der Waals surface area contributed by atoms with Crippen LogP contribution in [0.25, 0.3) is 122 Å². The third kappa shape index (κ3) is 4.97. The van der Waals surface area contributed by atoms with E-state index in [1.54, 1.807) is 6.20 Å². The van der Waals surface area contributed by atoms with Crippen LogP contribution < -0.4 is 0 Å². The molecule has 0 spiro atoms. The second kappa shape index (κ2) is 12.9. The number of pyridine rings is 3. The standard InChI is InChI=1S/C55H33N3/c1-3-11-36(12-4-1)49-43-16-7-8-17-44(43)50(37-13-5-2-6-14-37)53-46-29-28-41(42-18-9-19-45(51(42)46)52(49)53)34-20-22-35(23-21-34)47-30-26-38-24-25-39-27-31-48(40-15-10-32-56-33-40)58-55(39)54(38)57-47/h1-33H. The van der Waals surface area contributed by atoms with E-state index in [9.17, 15) is 0 Å². The SMILES string of the molecule is c1ccc(-c2c3c(c(-c4ccccc4)c4ccccc24)-c2ccc(-c4ccc(-c5ccc6ccc7ccc(-c8cccnc8)nc7c6n5)cc4)c4cccc-3c24)cc1. The number of nitrogens with zero attached hydrogens (tertiary/aromatic N) is 3. The topological polar surface area (TPSA) is 38.7 Å². The summed E-state index contributed by atoms with van der Waals surface area (Å²) in [6.45, 7) is 0. The zero-order valence-corrected chi connectivity index (χ0v) is 31.4. The first-order valence-corrected chi connectivity index (χ1v) is 19.8. The summed E-state index contributed by atoms with van der Waals surface area (Å²) in [7, 11) is 0. The summed E-state index contributed by atoms with van der Waals surface area (Å²) < 4.78 is 0. The zero-order chi connectivity index (χ0) is 38.2. The largest absolute Gasteiger partial charge is 0.264 e. The van der Waals surface area contributed by atoms with Crippen LogP contribution in [0.4, 0.5) is 0 Å². The van der Waals surface area contributed by atoms with E-state index in [-0.39, 0.29) is 0 Å². The van der Waals surface area contributed by atoms with Crippen molar-refractivity contribution in [2.45, 2.75) is 0 Å². The number of fused-ring (bicyclic) bond motifs is 7. The molecule has 3 aromatic heterocycles. The van der Waals surface area contributed by atoms with Gasteiger partial charge in [0.1, 0.15) is 0 Å². The van der Waals surface area contributed by atoms with Crippen LogP contribution in [0.3, 0.4) is 0 Å². The molecule has 0 radical (unpaired) electrons. The van der Waals surface area contributed by atoms with Crippen molar-refractivity contribution in [3.63, 3.8) is 0 Å². The van der Waals surface area contributed by atoms with Gasteiger partial charge in [0.05, 0.1) is 22.4 Å². The third-order valence-electron chi connectivity index (χ3n) is 11.9. The summed E-state index contributed by atoms with van der Waals surface area (Å²) in [5, 5.41) is 7.24. The Labute approximate surface area is 335 Å². The van der Waals surface area contributed by atoms with Crippen LogP contribution in [0.15, 0.2) is 200 Å². The fourth-order valence-electron chi connectivity index (χ4n) is 9.29. The van der Waals surface area contributed by atoms with E-state index >= 15 is 0 Å². The maximum absolute atomic E-state index is 5.23. The van der Waals surface area contributed by atoms with Crippen LogP contribution >= 0.6 is 0 Å². The minimum atomic E-state index is 0.888. The molecule has 1 aliphatic carbocycles. The molecule has 0 aliphatic heterocycles. The quantitative estimate of drug-likeness (QED) is 0.165. The number of benzene rings is 8. The van der Waals surface area contributed by atoms with Gasteiger partial charge < -0.3 is 0 Å². The molecule has 0 amide bonds. The highest BCUT2D eigenvalue weighted by Gasteiger charge is 2.31. The lowest BCUT2D eigenvalue weighted by Crippen LogP contribution is -1.93. The Hall–Kier alpha value is -7.75. The molecule has 0 saturated carbocycles. The van der Waals surface area contributed by atoms with Gasteiger partial charge in [-0.05, 0) is 101 Å². The van der Waals surface area contributed by atoms with E-state index in [4.69, 9.17) is 9.97 Å². The van der Waals surface area contributed by atoms with Gasteiger partial charge in [-0.1, -0.05) is 164 Å². The molecule has 0 bridgehead atoms. The Kier molecular flexibility index (Phi) is 7.23. The molecule has 58 heavy (non-hydrogen) atoms. The van der Waals surface area contributed by atoms with Crippen molar-refractivity contribution in [3.8, 4) is 78.1 Å². The molecule has 0 N–H and O–H groups in total. The molecule has 1 aliphatic rings. The Bertz CT molecular complexity index is 3320. The monoisotopic (exact) mass is 735 g/mol. The van der Waals surface area contributed by atoms with E-state index < -0.39 is 0 Å². The highest BCUT2D eigenvalue weighted by molar-refractivity contribution is 6.28. The summed E-state index contributed by atoms with van der Waals surface area (Å²) in [5.41, 5.74) is 18.3. The molecular weight excluding hydrogens is 703 g/mol. The van der Waals surface area contributed by atoms with Gasteiger partial charge >= 0.3 is 0 Å². The highest BCUT2D eigenvalue weighted by atomic mass is 14.8. The summed E-state index contributed by atoms with van der Waals surface area (Å²) in [6, 6.07) is 67.9. The van der Waals surface area contributed by atoms with E-state index in [1.807, 2.05) is 18.3 Å². The van der Waals surface area contributed by atoms with Crippen molar-refractivity contribution >= 4 is 43.4 Å². The fraction of sp³-hybridized carbons (Fsp3) is 0. The van der Waals surface area contributed by atoms with Crippen LogP contribution in [-0.4, -0.2) is 15.0 Å². The van der Waals surface area contributed by atoms with Crippen LogP contribution in [-0.2, 0) is 0 Å². The smallest absolute Gasteiger partial charge is 0.0972 e. The van der Waals surface area contributed by atoms with E-state index in [0.717, 1.165) is 44.3 Å². The molecule has 268 valence electrons. The lowest BCUT2D eigenvalue weighted by molar-refractivity contribution is 1.30. The predicted octanol–water partition coefficient (Wildman–Crippen LogP) is 14.5. The van der Waals surface area contributed by atoms with Gasteiger partial charge in [-0.2, -0.15) is 0 Å². The maximum Gasteiger partial charge on any atom is 0.0972 e. The second-order valence-corrected chi connectivity index (χ2v) is 15.1.